The summed E-state index contributed by atoms with van der Waals surface area (Å²) in [6, 6.07) is 3.57. The lowest BCUT2D eigenvalue weighted by Gasteiger charge is -2.16. The quantitative estimate of drug-likeness (QED) is 0.698. The van der Waals surface area contributed by atoms with Crippen LogP contribution in [0.1, 0.15) is 43.6 Å². The number of rotatable bonds is 4. The van der Waals surface area contributed by atoms with E-state index in [-0.39, 0.29) is 11.5 Å². The van der Waals surface area contributed by atoms with E-state index in [1.807, 2.05) is 37.1 Å². The van der Waals surface area contributed by atoms with Gasteiger partial charge in [-0.2, -0.15) is 18.3 Å². The van der Waals surface area contributed by atoms with E-state index < -0.39 is 17.6 Å². The Labute approximate surface area is 170 Å². The van der Waals surface area contributed by atoms with E-state index >= 15 is 0 Å². The molecule has 9 heteroatoms. The Hall–Kier alpha value is -2.84. The van der Waals surface area contributed by atoms with Gasteiger partial charge >= 0.3 is 6.18 Å². The molecule has 4 fully saturated rings. The Morgan fingerprint density at radius 3 is 2.67 bits per heavy atom. The first kappa shape index (κ1) is 18.0. The van der Waals surface area contributed by atoms with Gasteiger partial charge in [0.15, 0.2) is 0 Å². The lowest BCUT2D eigenvalue weighted by Crippen LogP contribution is -2.16. The van der Waals surface area contributed by atoms with Gasteiger partial charge in [0.2, 0.25) is 0 Å². The molecule has 3 heterocycles. The third-order valence-electron chi connectivity index (χ3n) is 7.32. The Kier molecular flexibility index (Phi) is 3.26. The number of hydrogen-bond acceptors (Lipinski definition) is 4. The average Bonchev–Trinajstić information content (AvgIpc) is 3.20. The van der Waals surface area contributed by atoms with Crippen molar-refractivity contribution in [2.24, 2.45) is 17.8 Å². The van der Waals surface area contributed by atoms with Gasteiger partial charge in [-0.1, -0.05) is 0 Å². The maximum Gasteiger partial charge on any atom is 0.419 e. The Bertz CT molecular complexity index is 1140. The molecule has 0 radical (unpaired) electrons. The molecule has 4 aliphatic carbocycles. The van der Waals surface area contributed by atoms with Gasteiger partial charge in [0.1, 0.15) is 5.82 Å². The molecule has 7 rings (SSSR count). The zero-order valence-electron chi connectivity index (χ0n) is 16.5. The number of nitrogen functional groups attached to an aromatic ring is 1. The summed E-state index contributed by atoms with van der Waals surface area (Å²) in [7, 11) is 0. The fourth-order valence-corrected chi connectivity index (χ4v) is 6.06. The maximum atomic E-state index is 13.3. The summed E-state index contributed by atoms with van der Waals surface area (Å²) in [5.74, 6) is 1.29. The number of anilines is 1. The zero-order valence-corrected chi connectivity index (χ0v) is 16.5. The monoisotopic (exact) mass is 414 g/mol. The first-order valence-corrected chi connectivity index (χ1v) is 10.1. The predicted octanol–water partition coefficient (Wildman–Crippen LogP) is 4.08. The van der Waals surface area contributed by atoms with Crippen LogP contribution < -0.4 is 5.73 Å². The second-order valence-electron chi connectivity index (χ2n) is 9.01. The number of nitrogens with two attached hydrogens (primary N) is 1. The third kappa shape index (κ3) is 2.12. The number of nitrogens with zero attached hydrogens (tertiary/aromatic N) is 5. The van der Waals surface area contributed by atoms with Gasteiger partial charge in [-0.15, -0.1) is 0 Å². The van der Waals surface area contributed by atoms with Crippen molar-refractivity contribution in [2.75, 3.05) is 5.73 Å². The second-order valence-corrected chi connectivity index (χ2v) is 9.01. The van der Waals surface area contributed by atoms with Crippen molar-refractivity contribution in [1.82, 2.24) is 24.3 Å². The number of pyridine rings is 1. The highest BCUT2D eigenvalue weighted by Crippen LogP contribution is 2.93. The molecule has 4 aliphatic rings. The molecule has 3 aromatic heterocycles. The fourth-order valence-electron chi connectivity index (χ4n) is 6.06. The lowest BCUT2D eigenvalue weighted by molar-refractivity contribution is -0.137. The van der Waals surface area contributed by atoms with Crippen molar-refractivity contribution >= 4 is 5.82 Å². The summed E-state index contributed by atoms with van der Waals surface area (Å²) in [5, 5.41) is 4.70. The maximum absolute atomic E-state index is 13.3. The van der Waals surface area contributed by atoms with Crippen molar-refractivity contribution in [1.29, 1.82) is 0 Å². The molecule has 0 spiro atoms. The third-order valence-corrected chi connectivity index (χ3v) is 7.32. The summed E-state index contributed by atoms with van der Waals surface area (Å²) < 4.78 is 44.1. The van der Waals surface area contributed by atoms with Gasteiger partial charge in [0.25, 0.3) is 0 Å². The van der Waals surface area contributed by atoms with E-state index in [1.54, 1.807) is 6.20 Å². The summed E-state index contributed by atoms with van der Waals surface area (Å²) in [4.78, 5) is 7.97. The standard InChI is InChI=1S/C21H21F3N6/c1-10(2)30-16(20-12-6-15(18(20)17(12)20)29-4-3-26-9-29)7-14(28-30)11-5-13(21(22,23)24)19(25)27-8-11/h3-5,7-10,12,15,17-18H,6H2,1-2H3,(H2,25,27)/t12-,15+,17-,18?,20-/m1/s1. The summed E-state index contributed by atoms with van der Waals surface area (Å²) in [5.41, 5.74) is 6.65. The van der Waals surface area contributed by atoms with Gasteiger partial charge in [0.05, 0.1) is 17.6 Å². The minimum absolute atomic E-state index is 0.110. The SMILES string of the molecule is CC(C)n1nc(-c2cnc(N)c(C(F)(F)F)c2)cc1[C@]12C3[C@@H](n4ccnc4)C[C@@H]1[C@H]32. The highest BCUT2D eigenvalue weighted by molar-refractivity contribution is 5.65. The number of aromatic nitrogens is 5. The van der Waals surface area contributed by atoms with Gasteiger partial charge < -0.3 is 10.3 Å². The van der Waals surface area contributed by atoms with Crippen LogP contribution in [-0.2, 0) is 11.6 Å². The molecule has 0 saturated heterocycles. The van der Waals surface area contributed by atoms with Crippen LogP contribution in [0.3, 0.4) is 0 Å². The van der Waals surface area contributed by atoms with Crippen LogP contribution >= 0.6 is 0 Å². The van der Waals surface area contributed by atoms with Crippen LogP contribution in [-0.4, -0.2) is 24.3 Å². The Morgan fingerprint density at radius 2 is 2.03 bits per heavy atom. The smallest absolute Gasteiger partial charge is 0.383 e. The number of alkyl halides is 3. The van der Waals surface area contributed by atoms with E-state index in [1.165, 1.54) is 6.20 Å². The molecule has 6 nitrogen and oxygen atoms in total. The molecule has 5 atom stereocenters. The van der Waals surface area contributed by atoms with E-state index in [0.29, 0.717) is 35.1 Å². The van der Waals surface area contributed by atoms with Crippen LogP contribution in [0.2, 0.25) is 0 Å². The molecular weight excluding hydrogens is 393 g/mol. The normalized spacial score (nSPS) is 31.3. The van der Waals surface area contributed by atoms with Crippen molar-refractivity contribution in [3.63, 3.8) is 0 Å². The van der Waals surface area contributed by atoms with Crippen LogP contribution in [0.5, 0.6) is 0 Å². The van der Waals surface area contributed by atoms with E-state index in [2.05, 4.69) is 14.5 Å². The van der Waals surface area contributed by atoms with Crippen LogP contribution in [0.15, 0.2) is 37.1 Å². The highest BCUT2D eigenvalue weighted by Gasteiger charge is 2.93. The first-order chi connectivity index (χ1) is 14.2. The van der Waals surface area contributed by atoms with E-state index in [4.69, 9.17) is 10.8 Å². The lowest BCUT2D eigenvalue weighted by atomic mass is 10.00. The van der Waals surface area contributed by atoms with Crippen molar-refractivity contribution < 1.29 is 13.2 Å². The largest absolute Gasteiger partial charge is 0.419 e. The number of imidazole rings is 1. The van der Waals surface area contributed by atoms with Crippen LogP contribution in [0.25, 0.3) is 11.3 Å². The predicted molar refractivity (Wildman–Crippen MR) is 103 cm³/mol. The van der Waals surface area contributed by atoms with Crippen LogP contribution in [0.4, 0.5) is 19.0 Å². The van der Waals surface area contributed by atoms with E-state index in [0.717, 1.165) is 18.2 Å². The summed E-state index contributed by atoms with van der Waals surface area (Å²) >= 11 is 0. The number of fused-ring (bicyclic) bond motifs is 1. The van der Waals surface area contributed by atoms with Crippen molar-refractivity contribution in [2.45, 2.75) is 43.9 Å². The minimum atomic E-state index is -4.55. The number of hydrogen-bond donors (Lipinski definition) is 1. The molecule has 30 heavy (non-hydrogen) atoms. The molecule has 1 unspecified atom stereocenters. The molecular formula is C21H21F3N6. The molecule has 0 aliphatic heterocycles. The summed E-state index contributed by atoms with van der Waals surface area (Å²) in [6.45, 7) is 4.10. The van der Waals surface area contributed by atoms with E-state index in [9.17, 15) is 13.2 Å². The van der Waals surface area contributed by atoms with Gasteiger partial charge in [-0.05, 0) is 50.2 Å². The molecule has 156 valence electrons. The first-order valence-electron chi connectivity index (χ1n) is 10.1. The zero-order chi connectivity index (χ0) is 21.0. The fraction of sp³-hybridized carbons (Fsp3) is 0.476. The highest BCUT2D eigenvalue weighted by atomic mass is 19.4. The molecule has 2 N–H and O–H groups in total. The van der Waals surface area contributed by atoms with Gasteiger partial charge in [0, 0.05) is 47.3 Å². The van der Waals surface area contributed by atoms with Crippen molar-refractivity contribution in [3.8, 4) is 11.3 Å². The van der Waals surface area contributed by atoms with Gasteiger partial charge in [-0.25, -0.2) is 9.97 Å². The molecule has 0 amide bonds. The van der Waals surface area contributed by atoms with Crippen molar-refractivity contribution in [3.05, 3.63) is 48.3 Å². The minimum Gasteiger partial charge on any atom is -0.383 e. The van der Waals surface area contributed by atoms with Gasteiger partial charge in [-0.3, -0.25) is 4.68 Å². The summed E-state index contributed by atoms with van der Waals surface area (Å²) in [6.07, 6.45) is 3.64. The molecule has 4 saturated carbocycles. The average molecular weight is 414 g/mol. The molecule has 0 aromatic carbocycles. The topological polar surface area (TPSA) is 74.6 Å². The Morgan fingerprint density at radius 1 is 1.23 bits per heavy atom. The number of halogens is 3. The molecule has 2 bridgehead atoms. The second kappa shape index (κ2) is 5.44. The molecule has 3 aromatic rings. The Balaban J connectivity index is 1.40. The van der Waals surface area contributed by atoms with Crippen LogP contribution in [0, 0.1) is 17.8 Å².